The van der Waals surface area contributed by atoms with Gasteiger partial charge in [-0.05, 0) is 31.9 Å². The van der Waals surface area contributed by atoms with E-state index in [1.54, 1.807) is 11.8 Å². The number of hydrogen-bond acceptors (Lipinski definition) is 4. The first kappa shape index (κ1) is 20.2. The molecule has 1 aromatic rings. The second-order valence-corrected chi connectivity index (χ2v) is 8.38. The van der Waals surface area contributed by atoms with Gasteiger partial charge in [-0.25, -0.2) is 0 Å². The maximum absolute atomic E-state index is 12.0. The second-order valence-electron chi connectivity index (χ2n) is 8.38. The summed E-state index contributed by atoms with van der Waals surface area (Å²) in [4.78, 5) is 16.2. The predicted octanol–water partition coefficient (Wildman–Crippen LogP) is 2.99. The molecule has 1 saturated carbocycles. The summed E-state index contributed by atoms with van der Waals surface area (Å²) >= 11 is 0. The Morgan fingerprint density at radius 1 is 1.11 bits per heavy atom. The average Bonchev–Trinajstić information content (AvgIpc) is 3.01. The summed E-state index contributed by atoms with van der Waals surface area (Å²) in [7, 11) is 0. The van der Waals surface area contributed by atoms with E-state index in [-0.39, 0.29) is 12.5 Å². The Kier molecular flexibility index (Phi) is 6.77. The molecule has 2 aliphatic rings. The van der Waals surface area contributed by atoms with Crippen LogP contribution in [-0.2, 0) is 4.79 Å². The molecule has 1 N–H and O–H groups in total. The lowest BCUT2D eigenvalue weighted by Gasteiger charge is -2.36. The van der Waals surface area contributed by atoms with E-state index in [2.05, 4.69) is 4.90 Å². The van der Waals surface area contributed by atoms with Gasteiger partial charge in [-0.1, -0.05) is 43.4 Å². The van der Waals surface area contributed by atoms with Crippen molar-refractivity contribution in [2.45, 2.75) is 64.0 Å². The van der Waals surface area contributed by atoms with Crippen molar-refractivity contribution in [2.75, 3.05) is 32.8 Å². The molecular formula is C22H34N2O3. The van der Waals surface area contributed by atoms with Gasteiger partial charge < -0.3 is 14.7 Å². The molecule has 0 bridgehead atoms. The van der Waals surface area contributed by atoms with Crippen LogP contribution in [0.5, 0.6) is 5.75 Å². The van der Waals surface area contributed by atoms with Gasteiger partial charge in [0.25, 0.3) is 0 Å². The van der Waals surface area contributed by atoms with E-state index < -0.39 is 5.60 Å². The molecular weight excluding hydrogens is 340 g/mol. The van der Waals surface area contributed by atoms with Crippen LogP contribution < -0.4 is 4.74 Å². The van der Waals surface area contributed by atoms with Crippen LogP contribution in [0.3, 0.4) is 0 Å². The fourth-order valence-electron chi connectivity index (χ4n) is 4.34. The van der Waals surface area contributed by atoms with Crippen molar-refractivity contribution in [3.05, 3.63) is 29.8 Å². The van der Waals surface area contributed by atoms with Crippen LogP contribution in [0, 0.1) is 6.92 Å². The smallest absolute Gasteiger partial charge is 0.219 e. The minimum Gasteiger partial charge on any atom is -0.490 e. The molecule has 27 heavy (non-hydrogen) atoms. The van der Waals surface area contributed by atoms with E-state index in [1.807, 2.05) is 31.2 Å². The molecule has 1 amide bonds. The monoisotopic (exact) mass is 374 g/mol. The summed E-state index contributed by atoms with van der Waals surface area (Å²) < 4.78 is 5.93. The summed E-state index contributed by atoms with van der Waals surface area (Å²) in [5.74, 6) is 0.778. The van der Waals surface area contributed by atoms with Crippen LogP contribution in [0.2, 0.25) is 0 Å². The summed E-state index contributed by atoms with van der Waals surface area (Å²) in [6.07, 6.45) is 7.52. The third-order valence-corrected chi connectivity index (χ3v) is 5.95. The van der Waals surface area contributed by atoms with Gasteiger partial charge in [0.05, 0.1) is 6.54 Å². The molecule has 1 unspecified atom stereocenters. The third-order valence-electron chi connectivity index (χ3n) is 5.95. The van der Waals surface area contributed by atoms with Gasteiger partial charge in [-0.3, -0.25) is 9.69 Å². The largest absolute Gasteiger partial charge is 0.490 e. The zero-order valence-corrected chi connectivity index (χ0v) is 16.8. The first-order valence-electron chi connectivity index (χ1n) is 10.4. The van der Waals surface area contributed by atoms with E-state index >= 15 is 0 Å². The van der Waals surface area contributed by atoms with Gasteiger partial charge in [0.2, 0.25) is 5.91 Å². The quantitative estimate of drug-likeness (QED) is 0.823. The molecule has 1 atom stereocenters. The highest BCUT2D eigenvalue weighted by molar-refractivity contribution is 5.73. The maximum atomic E-state index is 12.0. The van der Waals surface area contributed by atoms with Gasteiger partial charge in [0, 0.05) is 32.6 Å². The fraction of sp³-hybridized carbons (Fsp3) is 0.682. The Bertz CT molecular complexity index is 610. The van der Waals surface area contributed by atoms with E-state index in [0.29, 0.717) is 25.7 Å². The molecule has 150 valence electrons. The van der Waals surface area contributed by atoms with Gasteiger partial charge in [0.1, 0.15) is 18.0 Å². The molecule has 5 nitrogen and oxygen atoms in total. The highest BCUT2D eigenvalue weighted by atomic mass is 16.5. The normalized spacial score (nSPS) is 25.7. The molecule has 2 fully saturated rings. The lowest BCUT2D eigenvalue weighted by atomic mass is 10.0. The molecule has 3 rings (SSSR count). The number of nitrogens with zero attached hydrogens (tertiary/aromatic N) is 2. The van der Waals surface area contributed by atoms with Crippen LogP contribution in [0.25, 0.3) is 0 Å². The van der Waals surface area contributed by atoms with Crippen molar-refractivity contribution in [3.8, 4) is 5.75 Å². The topological polar surface area (TPSA) is 53.0 Å². The highest BCUT2D eigenvalue weighted by Gasteiger charge is 2.38. The van der Waals surface area contributed by atoms with Crippen LogP contribution in [-0.4, -0.2) is 65.2 Å². The van der Waals surface area contributed by atoms with Crippen molar-refractivity contribution >= 4 is 5.91 Å². The van der Waals surface area contributed by atoms with E-state index in [0.717, 1.165) is 12.3 Å². The Morgan fingerprint density at radius 3 is 2.41 bits per heavy atom. The minimum absolute atomic E-state index is 0.0199. The Morgan fingerprint density at radius 2 is 1.78 bits per heavy atom. The number of amides is 1. The molecule has 1 aliphatic heterocycles. The number of rotatable bonds is 4. The molecule has 0 spiro atoms. The maximum Gasteiger partial charge on any atom is 0.219 e. The fourth-order valence-corrected chi connectivity index (χ4v) is 4.34. The lowest BCUT2D eigenvalue weighted by Crippen LogP contribution is -2.53. The summed E-state index contributed by atoms with van der Waals surface area (Å²) in [5.41, 5.74) is 0.122. The third kappa shape index (κ3) is 5.69. The Hall–Kier alpha value is -1.59. The number of hydrogen-bond donors (Lipinski definition) is 1. The number of carbonyl (C=O) groups excluding carboxylic acids is 1. The zero-order chi connectivity index (χ0) is 19.3. The summed E-state index contributed by atoms with van der Waals surface area (Å²) in [6, 6.07) is 8.38. The van der Waals surface area contributed by atoms with Crippen molar-refractivity contribution in [1.82, 2.24) is 9.80 Å². The predicted molar refractivity (Wildman–Crippen MR) is 107 cm³/mol. The molecule has 1 saturated heterocycles. The van der Waals surface area contributed by atoms with Crippen molar-refractivity contribution in [1.29, 1.82) is 0 Å². The first-order chi connectivity index (χ1) is 13.0. The number of aryl methyl sites for hydroxylation is 1. The van der Waals surface area contributed by atoms with Crippen molar-refractivity contribution in [3.63, 3.8) is 0 Å². The van der Waals surface area contributed by atoms with E-state index in [1.165, 1.54) is 44.1 Å². The van der Waals surface area contributed by atoms with E-state index in [4.69, 9.17) is 4.74 Å². The van der Waals surface area contributed by atoms with Gasteiger partial charge >= 0.3 is 0 Å². The van der Waals surface area contributed by atoms with E-state index in [9.17, 15) is 9.90 Å². The van der Waals surface area contributed by atoms with Crippen molar-refractivity contribution in [2.24, 2.45) is 0 Å². The molecule has 1 aliphatic carbocycles. The number of benzene rings is 1. The molecule has 0 radical (unpaired) electrons. The average molecular weight is 375 g/mol. The highest BCUT2D eigenvalue weighted by Crippen LogP contribution is 2.26. The molecule has 1 heterocycles. The van der Waals surface area contributed by atoms with Gasteiger partial charge in [-0.2, -0.15) is 0 Å². The molecule has 5 heteroatoms. The Balaban J connectivity index is 1.71. The number of carbonyl (C=O) groups is 1. The number of ether oxygens (including phenoxy) is 1. The van der Waals surface area contributed by atoms with Gasteiger partial charge in [0.15, 0.2) is 0 Å². The van der Waals surface area contributed by atoms with Crippen LogP contribution in [0.15, 0.2) is 24.3 Å². The van der Waals surface area contributed by atoms with Crippen molar-refractivity contribution < 1.29 is 14.6 Å². The number of aliphatic hydroxyl groups is 1. The number of β-amino-alcohol motifs (C(OH)–C–C–N with tert-alkyl or cyclic N) is 1. The first-order valence-corrected chi connectivity index (χ1v) is 10.4. The van der Waals surface area contributed by atoms with Crippen LogP contribution >= 0.6 is 0 Å². The summed E-state index contributed by atoms with van der Waals surface area (Å²) in [5, 5.41) is 11.4. The van der Waals surface area contributed by atoms with Crippen LogP contribution in [0.1, 0.15) is 51.0 Å². The summed E-state index contributed by atoms with van der Waals surface area (Å²) in [6.45, 7) is 6.23. The lowest BCUT2D eigenvalue weighted by molar-refractivity contribution is -0.132. The second kappa shape index (κ2) is 9.07. The van der Waals surface area contributed by atoms with Gasteiger partial charge in [-0.15, -0.1) is 0 Å². The zero-order valence-electron chi connectivity index (χ0n) is 16.8. The standard InChI is InChI=1S/C22H34N2O3/c1-18-9-11-21(12-10-18)27-17-22(26)15-23(19(2)25)13-14-24(16-22)20-7-5-3-4-6-8-20/h9-12,20,26H,3-8,13-17H2,1-2H3. The minimum atomic E-state index is -1.06. The molecule has 0 aromatic heterocycles. The van der Waals surface area contributed by atoms with Crippen LogP contribution in [0.4, 0.5) is 0 Å². The molecule has 1 aromatic carbocycles. The SMILES string of the molecule is CC(=O)N1CCN(C2CCCCCC2)CC(O)(COc2ccc(C)cc2)C1. The Labute approximate surface area is 163 Å².